The first kappa shape index (κ1) is 15.3. The van der Waals surface area contributed by atoms with Crippen LogP contribution in [0.2, 0.25) is 5.02 Å². The summed E-state index contributed by atoms with van der Waals surface area (Å²) in [6, 6.07) is 0. The average Bonchev–Trinajstić information content (AvgIpc) is 2.77. The van der Waals surface area contributed by atoms with E-state index in [0.29, 0.717) is 18.1 Å². The molecule has 1 amide bonds. The van der Waals surface area contributed by atoms with Crippen LogP contribution in [0.1, 0.15) is 18.5 Å². The van der Waals surface area contributed by atoms with Crippen LogP contribution in [0.25, 0.3) is 0 Å². The first-order valence-corrected chi connectivity index (χ1v) is 7.36. The third-order valence-corrected chi connectivity index (χ3v) is 4.02. The van der Waals surface area contributed by atoms with E-state index < -0.39 is 0 Å². The SMILES string of the molecule is Cn1ncc(Cl)c1CN1CCCC(C(=O)NCCN)C1. The van der Waals surface area contributed by atoms with Crippen LogP contribution in [-0.4, -0.2) is 46.8 Å². The van der Waals surface area contributed by atoms with Crippen molar-refractivity contribution in [3.05, 3.63) is 16.9 Å². The minimum absolute atomic E-state index is 0.0438. The van der Waals surface area contributed by atoms with Gasteiger partial charge in [-0.05, 0) is 19.4 Å². The molecule has 2 rings (SSSR count). The van der Waals surface area contributed by atoms with E-state index in [1.54, 1.807) is 10.9 Å². The molecule has 1 aliphatic rings. The zero-order valence-electron chi connectivity index (χ0n) is 11.8. The van der Waals surface area contributed by atoms with Gasteiger partial charge in [0, 0.05) is 33.2 Å². The van der Waals surface area contributed by atoms with Crippen LogP contribution in [0.5, 0.6) is 0 Å². The molecule has 1 saturated heterocycles. The van der Waals surface area contributed by atoms with Gasteiger partial charge in [-0.3, -0.25) is 14.4 Å². The maximum absolute atomic E-state index is 12.0. The number of rotatable bonds is 5. The highest BCUT2D eigenvalue weighted by Gasteiger charge is 2.26. The second-order valence-electron chi connectivity index (χ2n) is 5.22. The predicted octanol–water partition coefficient (Wildman–Crippen LogP) is 0.360. The van der Waals surface area contributed by atoms with E-state index in [1.165, 1.54) is 0 Å². The highest BCUT2D eigenvalue weighted by molar-refractivity contribution is 6.31. The maximum atomic E-state index is 12.0. The fourth-order valence-electron chi connectivity index (χ4n) is 2.58. The molecule has 0 aromatic carbocycles. The van der Waals surface area contributed by atoms with Gasteiger partial charge in [0.15, 0.2) is 0 Å². The molecular formula is C13H22ClN5O. The number of piperidine rings is 1. The number of aryl methyl sites for hydroxylation is 1. The minimum Gasteiger partial charge on any atom is -0.355 e. The van der Waals surface area contributed by atoms with Gasteiger partial charge in [-0.15, -0.1) is 0 Å². The van der Waals surface area contributed by atoms with E-state index in [1.807, 2.05) is 7.05 Å². The molecule has 1 aromatic heterocycles. The molecule has 0 aliphatic carbocycles. The van der Waals surface area contributed by atoms with Crippen molar-refractivity contribution in [3.8, 4) is 0 Å². The van der Waals surface area contributed by atoms with E-state index in [9.17, 15) is 4.79 Å². The van der Waals surface area contributed by atoms with Gasteiger partial charge < -0.3 is 11.1 Å². The Kier molecular flexibility index (Phi) is 5.39. The Hall–Kier alpha value is -1.11. The molecule has 7 heteroatoms. The Morgan fingerprint density at radius 2 is 2.45 bits per heavy atom. The lowest BCUT2D eigenvalue weighted by molar-refractivity contribution is -0.126. The summed E-state index contributed by atoms with van der Waals surface area (Å²) in [5.74, 6) is 0.151. The Morgan fingerprint density at radius 1 is 1.65 bits per heavy atom. The molecule has 1 aliphatic heterocycles. The van der Waals surface area contributed by atoms with Crippen LogP contribution >= 0.6 is 11.6 Å². The molecular weight excluding hydrogens is 278 g/mol. The number of likely N-dealkylation sites (tertiary alicyclic amines) is 1. The Labute approximate surface area is 124 Å². The predicted molar refractivity (Wildman–Crippen MR) is 78.3 cm³/mol. The zero-order chi connectivity index (χ0) is 14.5. The monoisotopic (exact) mass is 299 g/mol. The molecule has 2 heterocycles. The second-order valence-corrected chi connectivity index (χ2v) is 5.62. The number of hydrogen-bond donors (Lipinski definition) is 2. The standard InChI is InChI=1S/C13H22ClN5O/c1-18-12(11(14)7-17-18)9-19-6-2-3-10(8-19)13(20)16-5-4-15/h7,10H,2-6,8-9,15H2,1H3,(H,16,20). The molecule has 20 heavy (non-hydrogen) atoms. The van der Waals surface area contributed by atoms with Crippen LogP contribution in [0.4, 0.5) is 0 Å². The first-order chi connectivity index (χ1) is 9.61. The lowest BCUT2D eigenvalue weighted by atomic mass is 9.97. The number of hydrogen-bond acceptors (Lipinski definition) is 4. The number of amides is 1. The Balaban J connectivity index is 1.92. The number of halogens is 1. The van der Waals surface area contributed by atoms with Crippen LogP contribution in [-0.2, 0) is 18.4 Å². The first-order valence-electron chi connectivity index (χ1n) is 6.98. The summed E-state index contributed by atoms with van der Waals surface area (Å²) in [6.07, 6.45) is 3.62. The molecule has 0 saturated carbocycles. The van der Waals surface area contributed by atoms with Gasteiger partial charge in [-0.25, -0.2) is 0 Å². The fourth-order valence-corrected chi connectivity index (χ4v) is 2.80. The molecule has 0 spiro atoms. The van der Waals surface area contributed by atoms with Crippen molar-refractivity contribution in [2.75, 3.05) is 26.2 Å². The molecule has 112 valence electrons. The third-order valence-electron chi connectivity index (χ3n) is 3.70. The molecule has 6 nitrogen and oxygen atoms in total. The summed E-state index contributed by atoms with van der Waals surface area (Å²) in [6.45, 7) is 3.51. The summed E-state index contributed by atoms with van der Waals surface area (Å²) < 4.78 is 1.79. The van der Waals surface area contributed by atoms with Crippen molar-refractivity contribution in [2.45, 2.75) is 19.4 Å². The highest BCUT2D eigenvalue weighted by atomic mass is 35.5. The zero-order valence-corrected chi connectivity index (χ0v) is 12.6. The normalized spacial score (nSPS) is 20.1. The van der Waals surface area contributed by atoms with Crippen LogP contribution in [0, 0.1) is 5.92 Å². The number of carbonyl (C=O) groups excluding carboxylic acids is 1. The quantitative estimate of drug-likeness (QED) is 0.823. The maximum Gasteiger partial charge on any atom is 0.224 e. The van der Waals surface area contributed by atoms with E-state index in [4.69, 9.17) is 17.3 Å². The van der Waals surface area contributed by atoms with Gasteiger partial charge >= 0.3 is 0 Å². The fraction of sp³-hybridized carbons (Fsp3) is 0.692. The van der Waals surface area contributed by atoms with E-state index in [2.05, 4.69) is 15.3 Å². The van der Waals surface area contributed by atoms with Gasteiger partial charge in [0.05, 0.1) is 22.8 Å². The van der Waals surface area contributed by atoms with Gasteiger partial charge in [0.2, 0.25) is 5.91 Å². The van der Waals surface area contributed by atoms with Gasteiger partial charge in [0.25, 0.3) is 0 Å². The Bertz CT molecular complexity index is 442. The van der Waals surface area contributed by atoms with Crippen molar-refractivity contribution >= 4 is 17.5 Å². The summed E-state index contributed by atoms with van der Waals surface area (Å²) in [7, 11) is 1.89. The summed E-state index contributed by atoms with van der Waals surface area (Å²) in [5.41, 5.74) is 6.40. The lowest BCUT2D eigenvalue weighted by Gasteiger charge is -2.32. The van der Waals surface area contributed by atoms with Crippen LogP contribution < -0.4 is 11.1 Å². The lowest BCUT2D eigenvalue weighted by Crippen LogP contribution is -2.43. The summed E-state index contributed by atoms with van der Waals surface area (Å²) in [4.78, 5) is 14.3. The van der Waals surface area contributed by atoms with Crippen molar-refractivity contribution < 1.29 is 4.79 Å². The van der Waals surface area contributed by atoms with Crippen molar-refractivity contribution in [3.63, 3.8) is 0 Å². The molecule has 1 atom stereocenters. The summed E-state index contributed by atoms with van der Waals surface area (Å²) >= 11 is 6.13. The van der Waals surface area contributed by atoms with Gasteiger partial charge in [-0.2, -0.15) is 5.10 Å². The number of nitrogens with two attached hydrogens (primary N) is 1. The number of nitrogens with zero attached hydrogens (tertiary/aromatic N) is 3. The molecule has 1 fully saturated rings. The van der Waals surface area contributed by atoms with Crippen molar-refractivity contribution in [2.24, 2.45) is 18.7 Å². The van der Waals surface area contributed by atoms with E-state index in [0.717, 1.165) is 38.2 Å². The second kappa shape index (κ2) is 7.06. The third kappa shape index (κ3) is 3.71. The van der Waals surface area contributed by atoms with E-state index >= 15 is 0 Å². The van der Waals surface area contributed by atoms with Crippen LogP contribution in [0.3, 0.4) is 0 Å². The number of carbonyl (C=O) groups is 1. The smallest absolute Gasteiger partial charge is 0.224 e. The van der Waals surface area contributed by atoms with Crippen LogP contribution in [0.15, 0.2) is 6.20 Å². The number of aromatic nitrogens is 2. The minimum atomic E-state index is 0.0438. The summed E-state index contributed by atoms with van der Waals surface area (Å²) in [5, 5.41) is 7.69. The molecule has 1 unspecified atom stereocenters. The van der Waals surface area contributed by atoms with E-state index in [-0.39, 0.29) is 11.8 Å². The Morgan fingerprint density at radius 3 is 3.10 bits per heavy atom. The highest BCUT2D eigenvalue weighted by Crippen LogP contribution is 2.21. The number of nitrogens with one attached hydrogen (secondary N) is 1. The van der Waals surface area contributed by atoms with Gasteiger partial charge in [0.1, 0.15) is 0 Å². The van der Waals surface area contributed by atoms with Crippen molar-refractivity contribution in [1.29, 1.82) is 0 Å². The topological polar surface area (TPSA) is 76.2 Å². The van der Waals surface area contributed by atoms with Crippen molar-refractivity contribution in [1.82, 2.24) is 20.0 Å². The average molecular weight is 300 g/mol. The largest absolute Gasteiger partial charge is 0.355 e. The molecule has 0 radical (unpaired) electrons. The molecule has 3 N–H and O–H groups in total. The molecule has 1 aromatic rings. The molecule has 0 bridgehead atoms. The van der Waals surface area contributed by atoms with Gasteiger partial charge in [-0.1, -0.05) is 11.6 Å².